The summed E-state index contributed by atoms with van der Waals surface area (Å²) in [6.45, 7) is 4.69. The Bertz CT molecular complexity index is 160. The van der Waals surface area contributed by atoms with Gasteiger partial charge in [0.1, 0.15) is 0 Å². The molecule has 0 aliphatic carbocycles. The van der Waals surface area contributed by atoms with Gasteiger partial charge in [0.25, 0.3) is 0 Å². The second-order valence-corrected chi connectivity index (χ2v) is 3.77. The summed E-state index contributed by atoms with van der Waals surface area (Å²) in [5.74, 6) is 0.369. The van der Waals surface area contributed by atoms with Gasteiger partial charge in [-0.15, -0.1) is 0 Å². The first-order valence-electron chi connectivity index (χ1n) is 5.23. The van der Waals surface area contributed by atoms with E-state index in [1.54, 1.807) is 0 Å². The Morgan fingerprint density at radius 2 is 2.21 bits per heavy atom. The van der Waals surface area contributed by atoms with Crippen molar-refractivity contribution in [2.45, 2.75) is 39.2 Å². The highest BCUT2D eigenvalue weighted by atomic mass is 16.3. The van der Waals surface area contributed by atoms with Gasteiger partial charge in [-0.1, -0.05) is 13.3 Å². The normalized spacial score (nSPS) is 14.9. The summed E-state index contributed by atoms with van der Waals surface area (Å²) >= 11 is 0. The molecule has 4 heteroatoms. The van der Waals surface area contributed by atoms with E-state index >= 15 is 0 Å². The number of carbonyl (C=O) groups is 1. The number of amides is 1. The largest absolute Gasteiger partial charge is 0.396 e. The molecule has 0 spiro atoms. The molecule has 0 heterocycles. The fourth-order valence-corrected chi connectivity index (χ4v) is 1.26. The van der Waals surface area contributed by atoms with Crippen molar-refractivity contribution in [1.82, 2.24) is 5.32 Å². The van der Waals surface area contributed by atoms with Gasteiger partial charge in [-0.2, -0.15) is 0 Å². The molecule has 0 aromatic heterocycles. The van der Waals surface area contributed by atoms with Crippen LogP contribution in [-0.2, 0) is 4.79 Å². The molecular weight excluding hydrogens is 180 g/mol. The van der Waals surface area contributed by atoms with Gasteiger partial charge >= 0.3 is 0 Å². The van der Waals surface area contributed by atoms with Crippen LogP contribution in [0.25, 0.3) is 0 Å². The standard InChI is InChI=1S/C10H22N2O2/c1-3-9(4-5-13)7-12-10(14)6-8(2)11/h8-9,13H,3-7,11H2,1-2H3,(H,12,14). The van der Waals surface area contributed by atoms with E-state index in [4.69, 9.17) is 10.8 Å². The first-order valence-corrected chi connectivity index (χ1v) is 5.23. The van der Waals surface area contributed by atoms with E-state index in [0.717, 1.165) is 12.8 Å². The van der Waals surface area contributed by atoms with E-state index in [2.05, 4.69) is 12.2 Å². The molecule has 0 aliphatic heterocycles. The number of hydrogen-bond acceptors (Lipinski definition) is 3. The van der Waals surface area contributed by atoms with E-state index in [9.17, 15) is 4.79 Å². The molecule has 2 atom stereocenters. The Morgan fingerprint density at radius 1 is 1.57 bits per heavy atom. The van der Waals surface area contributed by atoms with E-state index in [0.29, 0.717) is 18.9 Å². The molecule has 2 unspecified atom stereocenters. The van der Waals surface area contributed by atoms with Crippen LogP contribution in [0.15, 0.2) is 0 Å². The van der Waals surface area contributed by atoms with Crippen molar-refractivity contribution < 1.29 is 9.90 Å². The van der Waals surface area contributed by atoms with Crippen LogP contribution in [0.3, 0.4) is 0 Å². The maximum atomic E-state index is 11.2. The van der Waals surface area contributed by atoms with Crippen molar-refractivity contribution in [1.29, 1.82) is 0 Å². The molecule has 0 bridgehead atoms. The fraction of sp³-hybridized carbons (Fsp3) is 0.900. The van der Waals surface area contributed by atoms with Crippen molar-refractivity contribution in [2.75, 3.05) is 13.2 Å². The van der Waals surface area contributed by atoms with Gasteiger partial charge in [-0.05, 0) is 19.3 Å². The van der Waals surface area contributed by atoms with Crippen LogP contribution >= 0.6 is 0 Å². The van der Waals surface area contributed by atoms with E-state index < -0.39 is 0 Å². The molecule has 0 aromatic rings. The molecule has 14 heavy (non-hydrogen) atoms. The van der Waals surface area contributed by atoms with Gasteiger partial charge in [-0.25, -0.2) is 0 Å². The third kappa shape index (κ3) is 6.86. The third-order valence-corrected chi connectivity index (χ3v) is 2.21. The summed E-state index contributed by atoms with van der Waals surface area (Å²) in [5.41, 5.74) is 5.49. The molecule has 0 rings (SSSR count). The van der Waals surface area contributed by atoms with Crippen LogP contribution in [-0.4, -0.2) is 30.2 Å². The summed E-state index contributed by atoms with van der Waals surface area (Å²) in [5, 5.41) is 11.6. The number of carbonyl (C=O) groups excluding carboxylic acids is 1. The van der Waals surface area contributed by atoms with Crippen molar-refractivity contribution in [3.05, 3.63) is 0 Å². The van der Waals surface area contributed by atoms with Gasteiger partial charge < -0.3 is 16.2 Å². The lowest BCUT2D eigenvalue weighted by atomic mass is 10.0. The Kier molecular flexibility index (Phi) is 7.42. The highest BCUT2D eigenvalue weighted by Gasteiger charge is 2.09. The Hall–Kier alpha value is -0.610. The predicted octanol–water partition coefficient (Wildman–Crippen LogP) is 0.249. The first-order chi connectivity index (χ1) is 6.60. The van der Waals surface area contributed by atoms with Gasteiger partial charge in [0.2, 0.25) is 5.91 Å². The van der Waals surface area contributed by atoms with Gasteiger partial charge in [0, 0.05) is 25.6 Å². The van der Waals surface area contributed by atoms with Crippen molar-refractivity contribution >= 4 is 5.91 Å². The smallest absolute Gasteiger partial charge is 0.221 e. The molecule has 0 saturated carbocycles. The minimum absolute atomic E-state index is 0.00334. The lowest BCUT2D eigenvalue weighted by Gasteiger charge is -2.14. The van der Waals surface area contributed by atoms with Crippen LogP contribution in [0.4, 0.5) is 0 Å². The zero-order valence-corrected chi connectivity index (χ0v) is 9.12. The minimum atomic E-state index is -0.0899. The molecule has 1 amide bonds. The van der Waals surface area contributed by atoms with Crippen LogP contribution in [0, 0.1) is 5.92 Å². The molecule has 0 saturated heterocycles. The van der Waals surface area contributed by atoms with Crippen LogP contribution in [0.2, 0.25) is 0 Å². The average Bonchev–Trinajstić information content (AvgIpc) is 2.11. The summed E-state index contributed by atoms with van der Waals surface area (Å²) in [6.07, 6.45) is 2.09. The number of nitrogens with one attached hydrogen (secondary N) is 1. The number of aliphatic hydroxyl groups excluding tert-OH is 1. The lowest BCUT2D eigenvalue weighted by Crippen LogP contribution is -2.33. The monoisotopic (exact) mass is 202 g/mol. The van der Waals surface area contributed by atoms with Gasteiger partial charge in [0.05, 0.1) is 0 Å². The molecule has 84 valence electrons. The highest BCUT2D eigenvalue weighted by Crippen LogP contribution is 2.05. The van der Waals surface area contributed by atoms with Crippen LogP contribution in [0.1, 0.15) is 33.1 Å². The van der Waals surface area contributed by atoms with Gasteiger partial charge in [-0.3, -0.25) is 4.79 Å². The zero-order chi connectivity index (χ0) is 11.0. The van der Waals surface area contributed by atoms with E-state index in [1.165, 1.54) is 0 Å². The number of aliphatic hydroxyl groups is 1. The number of rotatable bonds is 7. The number of nitrogens with two attached hydrogens (primary N) is 1. The molecule has 4 N–H and O–H groups in total. The van der Waals surface area contributed by atoms with Crippen LogP contribution < -0.4 is 11.1 Å². The Morgan fingerprint density at radius 3 is 2.64 bits per heavy atom. The molecule has 0 fully saturated rings. The third-order valence-electron chi connectivity index (χ3n) is 2.21. The first kappa shape index (κ1) is 13.4. The summed E-state index contributed by atoms with van der Waals surface area (Å²) in [4.78, 5) is 11.2. The average molecular weight is 202 g/mol. The summed E-state index contributed by atoms with van der Waals surface area (Å²) < 4.78 is 0. The molecular formula is C10H22N2O2. The predicted molar refractivity (Wildman–Crippen MR) is 56.8 cm³/mol. The van der Waals surface area contributed by atoms with E-state index in [-0.39, 0.29) is 18.6 Å². The SMILES string of the molecule is CCC(CCO)CNC(=O)CC(C)N. The van der Waals surface area contributed by atoms with Crippen molar-refractivity contribution in [3.63, 3.8) is 0 Å². The van der Waals surface area contributed by atoms with Crippen molar-refractivity contribution in [3.8, 4) is 0 Å². The fourth-order valence-electron chi connectivity index (χ4n) is 1.26. The van der Waals surface area contributed by atoms with Gasteiger partial charge in [0.15, 0.2) is 0 Å². The number of hydrogen-bond donors (Lipinski definition) is 3. The second kappa shape index (κ2) is 7.76. The topological polar surface area (TPSA) is 75.3 Å². The van der Waals surface area contributed by atoms with Crippen LogP contribution in [0.5, 0.6) is 0 Å². The highest BCUT2D eigenvalue weighted by molar-refractivity contribution is 5.76. The second-order valence-electron chi connectivity index (χ2n) is 3.77. The maximum Gasteiger partial charge on any atom is 0.221 e. The van der Waals surface area contributed by atoms with E-state index in [1.807, 2.05) is 6.92 Å². The summed E-state index contributed by atoms with van der Waals surface area (Å²) in [6, 6.07) is -0.0899. The molecule has 4 nitrogen and oxygen atoms in total. The molecule has 0 aromatic carbocycles. The molecule has 0 radical (unpaired) electrons. The Labute approximate surface area is 85.9 Å². The Balaban J connectivity index is 3.62. The summed E-state index contributed by atoms with van der Waals surface area (Å²) in [7, 11) is 0. The quantitative estimate of drug-likeness (QED) is 0.554. The lowest BCUT2D eigenvalue weighted by molar-refractivity contribution is -0.121. The maximum absolute atomic E-state index is 11.2. The zero-order valence-electron chi connectivity index (χ0n) is 9.12. The molecule has 0 aliphatic rings. The van der Waals surface area contributed by atoms with Crippen molar-refractivity contribution in [2.24, 2.45) is 11.7 Å². The minimum Gasteiger partial charge on any atom is -0.396 e.